The molecule has 20 heavy (non-hydrogen) atoms. The fourth-order valence-electron chi connectivity index (χ4n) is 1.88. The molecule has 0 saturated carbocycles. The number of hydrogen-bond donors (Lipinski definition) is 0. The molecule has 0 spiro atoms. The highest BCUT2D eigenvalue weighted by Gasteiger charge is 2.17. The molecule has 2 aromatic rings. The summed E-state index contributed by atoms with van der Waals surface area (Å²) in [5, 5.41) is 0.644. The zero-order valence-corrected chi connectivity index (χ0v) is 12.1. The van der Waals surface area contributed by atoms with Crippen molar-refractivity contribution in [2.75, 3.05) is 14.2 Å². The summed E-state index contributed by atoms with van der Waals surface area (Å²) in [6.07, 6.45) is 1.59. The maximum Gasteiger partial charge on any atom is 0.259 e. The van der Waals surface area contributed by atoms with Crippen molar-refractivity contribution in [3.05, 3.63) is 58.7 Å². The molecule has 2 rings (SSSR count). The first-order valence-corrected chi connectivity index (χ1v) is 6.49. The quantitative estimate of drug-likeness (QED) is 0.869. The van der Waals surface area contributed by atoms with Gasteiger partial charge in [0.05, 0.1) is 7.11 Å². The van der Waals surface area contributed by atoms with Crippen molar-refractivity contribution < 1.29 is 9.53 Å². The van der Waals surface area contributed by atoms with Crippen LogP contribution >= 0.6 is 11.6 Å². The number of carbonyl (C=O) groups is 1. The van der Waals surface area contributed by atoms with E-state index < -0.39 is 0 Å². The van der Waals surface area contributed by atoms with Crippen LogP contribution in [0.5, 0.6) is 5.88 Å². The highest BCUT2D eigenvalue weighted by atomic mass is 35.5. The summed E-state index contributed by atoms with van der Waals surface area (Å²) < 4.78 is 5.11. The van der Waals surface area contributed by atoms with Crippen molar-refractivity contribution in [1.29, 1.82) is 0 Å². The van der Waals surface area contributed by atoms with Gasteiger partial charge in [0.25, 0.3) is 5.91 Å². The monoisotopic (exact) mass is 290 g/mol. The summed E-state index contributed by atoms with van der Waals surface area (Å²) in [4.78, 5) is 18.0. The van der Waals surface area contributed by atoms with Crippen LogP contribution in [0.15, 0.2) is 42.6 Å². The third kappa shape index (κ3) is 3.08. The average molecular weight is 291 g/mol. The minimum absolute atomic E-state index is 0.158. The third-order valence-corrected chi connectivity index (χ3v) is 3.28. The van der Waals surface area contributed by atoms with Crippen molar-refractivity contribution in [3.63, 3.8) is 0 Å². The number of rotatable bonds is 4. The van der Waals surface area contributed by atoms with Crippen LogP contribution < -0.4 is 4.74 Å². The lowest BCUT2D eigenvalue weighted by atomic mass is 10.2. The molecule has 0 unspecified atom stereocenters. The second-order valence-electron chi connectivity index (χ2n) is 4.31. The first kappa shape index (κ1) is 14.3. The molecule has 0 aliphatic carbocycles. The third-order valence-electron chi connectivity index (χ3n) is 2.91. The average Bonchev–Trinajstić information content (AvgIpc) is 2.48. The molecular formula is C15H15ClN2O2. The Bertz CT molecular complexity index is 616. The van der Waals surface area contributed by atoms with Gasteiger partial charge >= 0.3 is 0 Å². The summed E-state index contributed by atoms with van der Waals surface area (Å²) in [5.74, 6) is 0.165. The molecule has 1 heterocycles. The number of aromatic nitrogens is 1. The molecule has 4 nitrogen and oxygen atoms in total. The maximum atomic E-state index is 12.4. The minimum atomic E-state index is -0.158. The lowest BCUT2D eigenvalue weighted by Gasteiger charge is -2.18. The molecule has 0 fully saturated rings. The van der Waals surface area contributed by atoms with E-state index in [-0.39, 0.29) is 5.91 Å². The first-order valence-electron chi connectivity index (χ1n) is 6.11. The predicted molar refractivity (Wildman–Crippen MR) is 78.0 cm³/mol. The van der Waals surface area contributed by atoms with Gasteiger partial charge in [0.2, 0.25) is 5.88 Å². The van der Waals surface area contributed by atoms with E-state index in [1.54, 1.807) is 36.3 Å². The van der Waals surface area contributed by atoms with Gasteiger partial charge in [0.1, 0.15) is 5.56 Å². The fraction of sp³-hybridized carbons (Fsp3) is 0.200. The number of pyridine rings is 1. The van der Waals surface area contributed by atoms with Crippen LogP contribution in [-0.2, 0) is 6.54 Å². The summed E-state index contributed by atoms with van der Waals surface area (Å²) >= 11 is 6.10. The number of carbonyl (C=O) groups excluding carboxylic acids is 1. The highest BCUT2D eigenvalue weighted by Crippen LogP contribution is 2.20. The Kier molecular flexibility index (Phi) is 4.58. The topological polar surface area (TPSA) is 42.4 Å². The van der Waals surface area contributed by atoms with Gasteiger partial charge in [-0.25, -0.2) is 4.98 Å². The molecule has 1 aromatic heterocycles. The van der Waals surface area contributed by atoms with Gasteiger partial charge in [-0.15, -0.1) is 0 Å². The van der Waals surface area contributed by atoms with Crippen molar-refractivity contribution in [2.24, 2.45) is 0 Å². The number of amides is 1. The van der Waals surface area contributed by atoms with Crippen LogP contribution in [0, 0.1) is 0 Å². The van der Waals surface area contributed by atoms with Gasteiger partial charge in [-0.1, -0.05) is 29.8 Å². The van der Waals surface area contributed by atoms with Gasteiger partial charge in [-0.2, -0.15) is 0 Å². The number of benzene rings is 1. The Morgan fingerprint density at radius 2 is 2.05 bits per heavy atom. The summed E-state index contributed by atoms with van der Waals surface area (Å²) in [7, 11) is 3.21. The molecule has 0 bridgehead atoms. The largest absolute Gasteiger partial charge is 0.480 e. The zero-order valence-electron chi connectivity index (χ0n) is 11.3. The molecule has 0 aliphatic heterocycles. The van der Waals surface area contributed by atoms with E-state index in [1.165, 1.54) is 7.11 Å². The number of nitrogens with zero attached hydrogens (tertiary/aromatic N) is 2. The Balaban J connectivity index is 2.19. The van der Waals surface area contributed by atoms with E-state index in [0.29, 0.717) is 23.0 Å². The molecular weight excluding hydrogens is 276 g/mol. The Morgan fingerprint density at radius 1 is 1.30 bits per heavy atom. The van der Waals surface area contributed by atoms with Gasteiger partial charge in [-0.05, 0) is 23.8 Å². The molecule has 1 aromatic carbocycles. The Hall–Kier alpha value is -2.07. The SMILES string of the molecule is COc1ncccc1C(=O)N(C)Cc1ccccc1Cl. The molecule has 0 N–H and O–H groups in total. The van der Waals surface area contributed by atoms with Gasteiger partial charge in [0.15, 0.2) is 0 Å². The second-order valence-corrected chi connectivity index (χ2v) is 4.72. The van der Waals surface area contributed by atoms with E-state index in [0.717, 1.165) is 5.56 Å². The van der Waals surface area contributed by atoms with E-state index in [2.05, 4.69) is 4.98 Å². The van der Waals surface area contributed by atoms with Gasteiger partial charge in [0, 0.05) is 24.8 Å². The standard InChI is InChI=1S/C15H15ClN2O2/c1-18(10-11-6-3-4-8-13(11)16)15(19)12-7-5-9-17-14(12)20-2/h3-9H,10H2,1-2H3. The normalized spacial score (nSPS) is 10.2. The molecule has 0 radical (unpaired) electrons. The van der Waals surface area contributed by atoms with Gasteiger partial charge in [-0.3, -0.25) is 4.79 Å². The number of hydrogen-bond acceptors (Lipinski definition) is 3. The van der Waals surface area contributed by atoms with Gasteiger partial charge < -0.3 is 9.64 Å². The lowest BCUT2D eigenvalue weighted by Crippen LogP contribution is -2.26. The zero-order chi connectivity index (χ0) is 14.5. The number of ether oxygens (including phenoxy) is 1. The fourth-order valence-corrected chi connectivity index (χ4v) is 2.07. The van der Waals surface area contributed by atoms with E-state index in [4.69, 9.17) is 16.3 Å². The van der Waals surface area contributed by atoms with E-state index in [9.17, 15) is 4.79 Å². The molecule has 5 heteroatoms. The van der Waals surface area contributed by atoms with Crippen LogP contribution in [-0.4, -0.2) is 29.9 Å². The van der Waals surface area contributed by atoms with Crippen molar-refractivity contribution in [1.82, 2.24) is 9.88 Å². The molecule has 0 aliphatic rings. The summed E-state index contributed by atoms with van der Waals surface area (Å²) in [5.41, 5.74) is 1.33. The van der Waals surface area contributed by atoms with Crippen molar-refractivity contribution in [2.45, 2.75) is 6.54 Å². The summed E-state index contributed by atoms with van der Waals surface area (Å²) in [6, 6.07) is 10.9. The van der Waals surface area contributed by atoms with Crippen LogP contribution in [0.4, 0.5) is 0 Å². The first-order chi connectivity index (χ1) is 9.63. The van der Waals surface area contributed by atoms with E-state index >= 15 is 0 Å². The van der Waals surface area contributed by atoms with Crippen LogP contribution in [0.25, 0.3) is 0 Å². The highest BCUT2D eigenvalue weighted by molar-refractivity contribution is 6.31. The minimum Gasteiger partial charge on any atom is -0.480 e. The van der Waals surface area contributed by atoms with E-state index in [1.807, 2.05) is 18.2 Å². The number of methoxy groups -OCH3 is 1. The van der Waals surface area contributed by atoms with Crippen LogP contribution in [0.3, 0.4) is 0 Å². The van der Waals surface area contributed by atoms with Crippen molar-refractivity contribution in [3.8, 4) is 5.88 Å². The Labute approximate surface area is 123 Å². The summed E-state index contributed by atoms with van der Waals surface area (Å²) in [6.45, 7) is 0.427. The smallest absolute Gasteiger partial charge is 0.259 e. The molecule has 0 saturated heterocycles. The Morgan fingerprint density at radius 3 is 2.75 bits per heavy atom. The second kappa shape index (κ2) is 6.39. The molecule has 0 atom stereocenters. The number of halogens is 1. The predicted octanol–water partition coefficient (Wildman–Crippen LogP) is 3.02. The van der Waals surface area contributed by atoms with Crippen molar-refractivity contribution >= 4 is 17.5 Å². The maximum absolute atomic E-state index is 12.4. The van der Waals surface area contributed by atoms with Crippen LogP contribution in [0.1, 0.15) is 15.9 Å². The molecule has 104 valence electrons. The molecule has 1 amide bonds. The van der Waals surface area contributed by atoms with Crippen LogP contribution in [0.2, 0.25) is 5.02 Å². The lowest BCUT2D eigenvalue weighted by molar-refractivity contribution is 0.0781.